The minimum atomic E-state index is 0.0972. The van der Waals surface area contributed by atoms with Crippen molar-refractivity contribution in [2.24, 2.45) is 7.05 Å². The number of rotatable bonds is 6. The van der Waals surface area contributed by atoms with Crippen LogP contribution in [0.1, 0.15) is 17.1 Å². The third kappa shape index (κ3) is 3.44. The second-order valence-electron chi connectivity index (χ2n) is 4.42. The van der Waals surface area contributed by atoms with Crippen LogP contribution >= 0.6 is 0 Å². The maximum Gasteiger partial charge on any atom is 0.122 e. The molecule has 0 aliphatic rings. The molecule has 0 radical (unpaired) electrons. The number of hydrogen-bond acceptors (Lipinski definition) is 4. The zero-order valence-corrected chi connectivity index (χ0v) is 10.9. The highest BCUT2D eigenvalue weighted by Crippen LogP contribution is 2.09. The summed E-state index contributed by atoms with van der Waals surface area (Å²) in [5.41, 5.74) is 1.58. The second-order valence-corrected chi connectivity index (χ2v) is 4.42. The van der Waals surface area contributed by atoms with Crippen LogP contribution in [-0.2, 0) is 20.1 Å². The highest BCUT2D eigenvalue weighted by atomic mass is 16.3. The van der Waals surface area contributed by atoms with Gasteiger partial charge in [0.25, 0.3) is 0 Å². The van der Waals surface area contributed by atoms with Crippen LogP contribution in [-0.4, -0.2) is 37.7 Å². The number of nitrogens with zero attached hydrogens (tertiary/aromatic N) is 4. The molecule has 0 saturated carbocycles. The first-order valence-corrected chi connectivity index (χ1v) is 6.09. The smallest absolute Gasteiger partial charge is 0.122 e. The minimum Gasteiger partial charge on any atom is -0.395 e. The van der Waals surface area contributed by atoms with Crippen LogP contribution in [0.3, 0.4) is 0 Å². The lowest BCUT2D eigenvalue weighted by atomic mass is 10.3. The first kappa shape index (κ1) is 13.3. The van der Waals surface area contributed by atoms with Crippen LogP contribution in [0, 0.1) is 11.3 Å². The highest BCUT2D eigenvalue weighted by molar-refractivity contribution is 5.26. The highest BCUT2D eigenvalue weighted by Gasteiger charge is 2.10. The first-order valence-electron chi connectivity index (χ1n) is 6.09. The van der Waals surface area contributed by atoms with E-state index in [1.807, 2.05) is 30.1 Å². The number of aliphatic hydroxyl groups is 1. The van der Waals surface area contributed by atoms with Gasteiger partial charge in [-0.2, -0.15) is 5.26 Å². The number of aliphatic hydroxyl groups excluding tert-OH is 1. The van der Waals surface area contributed by atoms with Gasteiger partial charge >= 0.3 is 0 Å². The van der Waals surface area contributed by atoms with Gasteiger partial charge in [0.05, 0.1) is 13.2 Å². The number of imidazole rings is 1. The summed E-state index contributed by atoms with van der Waals surface area (Å²) in [6.07, 6.45) is 5.48. The molecule has 2 aromatic heterocycles. The average molecular weight is 259 g/mol. The average Bonchev–Trinajstić information content (AvgIpc) is 3.00. The van der Waals surface area contributed by atoms with Gasteiger partial charge in [0.2, 0.25) is 0 Å². The van der Waals surface area contributed by atoms with E-state index in [2.05, 4.69) is 20.9 Å². The summed E-state index contributed by atoms with van der Waals surface area (Å²) >= 11 is 0. The van der Waals surface area contributed by atoms with Gasteiger partial charge < -0.3 is 14.7 Å². The summed E-state index contributed by atoms with van der Waals surface area (Å²) in [5.74, 6) is 0.949. The molecule has 0 aliphatic heterocycles. The maximum absolute atomic E-state index is 9.13. The molecule has 0 amide bonds. The van der Waals surface area contributed by atoms with E-state index in [1.54, 1.807) is 6.20 Å². The molecule has 2 N–H and O–H groups in total. The Hall–Kier alpha value is -2.10. The van der Waals surface area contributed by atoms with Gasteiger partial charge in [0.15, 0.2) is 0 Å². The topological polar surface area (TPSA) is 80.9 Å². The van der Waals surface area contributed by atoms with Crippen LogP contribution in [0.5, 0.6) is 0 Å². The van der Waals surface area contributed by atoms with Crippen molar-refractivity contribution in [2.75, 3.05) is 13.2 Å². The van der Waals surface area contributed by atoms with Crippen LogP contribution in [0.4, 0.5) is 0 Å². The van der Waals surface area contributed by atoms with E-state index in [-0.39, 0.29) is 6.61 Å². The Morgan fingerprint density at radius 1 is 1.53 bits per heavy atom. The van der Waals surface area contributed by atoms with E-state index in [0.29, 0.717) is 25.3 Å². The predicted molar refractivity (Wildman–Crippen MR) is 69.9 cm³/mol. The maximum atomic E-state index is 9.13. The Morgan fingerprint density at radius 3 is 2.95 bits per heavy atom. The van der Waals surface area contributed by atoms with Crippen molar-refractivity contribution in [3.63, 3.8) is 0 Å². The summed E-state index contributed by atoms with van der Waals surface area (Å²) in [5, 5.41) is 17.9. The molecular formula is C13H17N5O. The zero-order valence-electron chi connectivity index (χ0n) is 10.9. The molecule has 0 fully saturated rings. The fourth-order valence-corrected chi connectivity index (χ4v) is 1.96. The van der Waals surface area contributed by atoms with Crippen molar-refractivity contribution in [2.45, 2.75) is 13.1 Å². The SMILES string of the molecule is Cn1ccnc1CN(CCO)Cc1c[nH]c(C#N)c1. The Balaban J connectivity index is 2.04. The molecule has 0 bridgehead atoms. The minimum absolute atomic E-state index is 0.0972. The Labute approximate surface area is 111 Å². The van der Waals surface area contributed by atoms with Gasteiger partial charge in [0, 0.05) is 38.7 Å². The quantitative estimate of drug-likeness (QED) is 0.796. The van der Waals surface area contributed by atoms with Crippen molar-refractivity contribution < 1.29 is 5.11 Å². The van der Waals surface area contributed by atoms with Crippen molar-refractivity contribution in [3.8, 4) is 6.07 Å². The van der Waals surface area contributed by atoms with Crippen LogP contribution in [0.25, 0.3) is 0 Å². The molecule has 6 heteroatoms. The second kappa shape index (κ2) is 6.18. The number of aromatic amines is 1. The third-order valence-electron chi connectivity index (χ3n) is 2.97. The fourth-order valence-electron chi connectivity index (χ4n) is 1.96. The van der Waals surface area contributed by atoms with E-state index in [4.69, 9.17) is 10.4 Å². The lowest BCUT2D eigenvalue weighted by Crippen LogP contribution is -2.27. The largest absolute Gasteiger partial charge is 0.395 e. The van der Waals surface area contributed by atoms with Gasteiger partial charge in [-0.05, 0) is 11.6 Å². The summed E-state index contributed by atoms with van der Waals surface area (Å²) in [6.45, 7) is 2.00. The number of aryl methyl sites for hydroxylation is 1. The molecule has 2 aromatic rings. The van der Waals surface area contributed by atoms with Crippen molar-refractivity contribution >= 4 is 0 Å². The molecule has 0 atom stereocenters. The van der Waals surface area contributed by atoms with Crippen LogP contribution < -0.4 is 0 Å². The van der Waals surface area contributed by atoms with Crippen molar-refractivity contribution in [3.05, 3.63) is 41.7 Å². The van der Waals surface area contributed by atoms with E-state index < -0.39 is 0 Å². The monoisotopic (exact) mass is 259 g/mol. The molecule has 2 heterocycles. The van der Waals surface area contributed by atoms with E-state index in [9.17, 15) is 0 Å². The predicted octanol–water partition coefficient (Wildman–Crippen LogP) is 0.614. The fraction of sp³-hybridized carbons (Fsp3) is 0.385. The summed E-state index contributed by atoms with van der Waals surface area (Å²) in [4.78, 5) is 9.27. The van der Waals surface area contributed by atoms with Gasteiger partial charge in [-0.1, -0.05) is 0 Å². The molecule has 0 spiro atoms. The molecule has 0 aliphatic carbocycles. The van der Waals surface area contributed by atoms with Gasteiger partial charge in [-0.25, -0.2) is 4.98 Å². The molecule has 6 nitrogen and oxygen atoms in total. The van der Waals surface area contributed by atoms with Crippen molar-refractivity contribution in [1.82, 2.24) is 19.4 Å². The Bertz CT molecular complexity index is 566. The molecule has 100 valence electrons. The normalized spacial score (nSPS) is 10.8. The van der Waals surface area contributed by atoms with E-state index in [0.717, 1.165) is 11.4 Å². The summed E-state index contributed by atoms with van der Waals surface area (Å²) in [7, 11) is 1.95. The number of nitriles is 1. The number of hydrogen-bond donors (Lipinski definition) is 2. The Kier molecular flexibility index (Phi) is 4.34. The van der Waals surface area contributed by atoms with Crippen LogP contribution in [0.15, 0.2) is 24.7 Å². The number of nitrogens with one attached hydrogen (secondary N) is 1. The summed E-state index contributed by atoms with van der Waals surface area (Å²) in [6, 6.07) is 3.89. The van der Waals surface area contributed by atoms with E-state index in [1.165, 1.54) is 0 Å². The van der Waals surface area contributed by atoms with Crippen LogP contribution in [0.2, 0.25) is 0 Å². The van der Waals surface area contributed by atoms with Crippen molar-refractivity contribution in [1.29, 1.82) is 5.26 Å². The third-order valence-corrected chi connectivity index (χ3v) is 2.97. The molecule has 0 aromatic carbocycles. The first-order chi connectivity index (χ1) is 9.22. The van der Waals surface area contributed by atoms with Gasteiger partial charge in [-0.15, -0.1) is 0 Å². The standard InChI is InChI=1S/C13H17N5O/c1-17-3-2-15-13(17)10-18(4-5-19)9-11-6-12(7-14)16-8-11/h2-3,6,8,16,19H,4-5,9-10H2,1H3. The summed E-state index contributed by atoms with van der Waals surface area (Å²) < 4.78 is 1.96. The molecule has 0 unspecified atom stereocenters. The van der Waals surface area contributed by atoms with E-state index >= 15 is 0 Å². The molecular weight excluding hydrogens is 242 g/mol. The number of H-pyrrole nitrogens is 1. The van der Waals surface area contributed by atoms with Gasteiger partial charge in [-0.3, -0.25) is 4.90 Å². The lowest BCUT2D eigenvalue weighted by molar-refractivity contribution is 0.180. The zero-order chi connectivity index (χ0) is 13.7. The Morgan fingerprint density at radius 2 is 2.37 bits per heavy atom. The van der Waals surface area contributed by atoms with Gasteiger partial charge in [0.1, 0.15) is 17.6 Å². The molecule has 19 heavy (non-hydrogen) atoms. The lowest BCUT2D eigenvalue weighted by Gasteiger charge is -2.20. The molecule has 0 saturated heterocycles. The number of aromatic nitrogens is 3. The molecule has 2 rings (SSSR count).